The molecule has 13 heavy (non-hydrogen) atoms. The van der Waals surface area contributed by atoms with Gasteiger partial charge in [0.2, 0.25) is 0 Å². The van der Waals surface area contributed by atoms with E-state index >= 15 is 0 Å². The fraction of sp³-hybridized carbons (Fsp3) is 0.500. The van der Waals surface area contributed by atoms with Gasteiger partial charge in [-0.05, 0) is 0 Å². The molecule has 66 valence electrons. The average molecular weight is 176 g/mol. The summed E-state index contributed by atoms with van der Waals surface area (Å²) in [5.74, 6) is -2.87. The van der Waals surface area contributed by atoms with Crippen molar-refractivity contribution in [2.24, 2.45) is 0 Å². The first-order valence-corrected chi connectivity index (χ1v) is 2.97. The minimum Gasteiger partial charge on any atom is -1.00 e. The molecule has 0 aliphatic heterocycles. The standard InChI is InChI=1S/C6H8O5.2Li.2H/c7-4(3-6(10)11)1-2-5(8)9;;;;/h1-3H2,(H,8,9)(H,10,11);;;;/q;2*+1;2*-1. The molecule has 0 rings (SSSR count). The molecule has 0 aliphatic rings. The van der Waals surface area contributed by atoms with Gasteiger partial charge in [0.1, 0.15) is 12.2 Å². The Balaban J connectivity index is -0.0000000833. The fourth-order valence-electron chi connectivity index (χ4n) is 0.503. The Morgan fingerprint density at radius 2 is 1.38 bits per heavy atom. The van der Waals surface area contributed by atoms with Crippen molar-refractivity contribution in [2.45, 2.75) is 19.3 Å². The van der Waals surface area contributed by atoms with E-state index in [0.29, 0.717) is 0 Å². The smallest absolute Gasteiger partial charge is 1.00 e. The van der Waals surface area contributed by atoms with Crippen molar-refractivity contribution < 1.29 is 65.2 Å². The summed E-state index contributed by atoms with van der Waals surface area (Å²) in [6.07, 6.45) is -1.10. The molecule has 7 heteroatoms. The van der Waals surface area contributed by atoms with Crippen molar-refractivity contribution in [1.29, 1.82) is 0 Å². The second kappa shape index (κ2) is 9.89. The molecule has 5 nitrogen and oxygen atoms in total. The number of carbonyl (C=O) groups is 3. The van der Waals surface area contributed by atoms with Crippen LogP contribution in [0, 0.1) is 0 Å². The van der Waals surface area contributed by atoms with Crippen LogP contribution in [-0.2, 0) is 14.4 Å². The van der Waals surface area contributed by atoms with Crippen molar-refractivity contribution in [1.82, 2.24) is 0 Å². The van der Waals surface area contributed by atoms with Gasteiger partial charge in [0.15, 0.2) is 0 Å². The van der Waals surface area contributed by atoms with Crippen molar-refractivity contribution in [3.63, 3.8) is 0 Å². The van der Waals surface area contributed by atoms with Crippen LogP contribution in [0.4, 0.5) is 0 Å². The molecule has 0 atom stereocenters. The topological polar surface area (TPSA) is 91.7 Å². The molecule has 0 heterocycles. The summed E-state index contributed by atoms with van der Waals surface area (Å²) in [7, 11) is 0. The van der Waals surface area contributed by atoms with E-state index in [0.717, 1.165) is 0 Å². The van der Waals surface area contributed by atoms with E-state index in [4.69, 9.17) is 10.2 Å². The van der Waals surface area contributed by atoms with Gasteiger partial charge >= 0.3 is 49.7 Å². The summed E-state index contributed by atoms with van der Waals surface area (Å²) in [4.78, 5) is 30.3. The number of hydrogen-bond acceptors (Lipinski definition) is 3. The first-order valence-electron chi connectivity index (χ1n) is 2.97. The van der Waals surface area contributed by atoms with Gasteiger partial charge in [0.25, 0.3) is 0 Å². The molecule has 0 amide bonds. The van der Waals surface area contributed by atoms with E-state index in [2.05, 4.69) is 0 Å². The molecule has 0 saturated carbocycles. The summed E-state index contributed by atoms with van der Waals surface area (Å²) in [5.41, 5.74) is 0. The second-order valence-corrected chi connectivity index (χ2v) is 2.00. The van der Waals surface area contributed by atoms with Crippen LogP contribution in [0.1, 0.15) is 22.1 Å². The SMILES string of the molecule is O=C(O)CCC(=O)CC(=O)O.[H-].[H-].[Li+].[Li+]. The third-order valence-corrected chi connectivity index (χ3v) is 0.966. The number of rotatable bonds is 5. The summed E-state index contributed by atoms with van der Waals surface area (Å²) in [5, 5.41) is 16.2. The number of carboxylic acids is 2. The summed E-state index contributed by atoms with van der Waals surface area (Å²) >= 11 is 0. The van der Waals surface area contributed by atoms with Crippen LogP contribution in [0.5, 0.6) is 0 Å². The van der Waals surface area contributed by atoms with Crippen molar-refractivity contribution >= 4 is 17.7 Å². The number of Topliss-reactive ketones (excluding diaryl/α,β-unsaturated/α-hetero) is 1. The zero-order chi connectivity index (χ0) is 8.85. The molecule has 0 fully saturated rings. The third-order valence-electron chi connectivity index (χ3n) is 0.966. The summed E-state index contributed by atoms with van der Waals surface area (Å²) < 4.78 is 0. The van der Waals surface area contributed by atoms with Crippen LogP contribution < -0.4 is 37.7 Å². The quantitative estimate of drug-likeness (QED) is 0.321. The Bertz CT molecular complexity index is 200. The number of ketones is 1. The Kier molecular flexibility index (Phi) is 14.1. The predicted octanol–water partition coefficient (Wildman–Crippen LogP) is -5.87. The Labute approximate surface area is 102 Å². The van der Waals surface area contributed by atoms with Gasteiger partial charge in [-0.3, -0.25) is 14.4 Å². The molecule has 0 aromatic rings. The summed E-state index contributed by atoms with van der Waals surface area (Å²) in [6.45, 7) is 0. The first kappa shape index (κ1) is 18.6. The minimum atomic E-state index is -1.22. The van der Waals surface area contributed by atoms with Gasteiger partial charge < -0.3 is 13.1 Å². The van der Waals surface area contributed by atoms with E-state index < -0.39 is 24.1 Å². The van der Waals surface area contributed by atoms with Crippen molar-refractivity contribution in [3.8, 4) is 0 Å². The molecule has 0 bridgehead atoms. The largest absolute Gasteiger partial charge is 1.00 e. The number of carboxylic acid groups (broad SMARTS) is 2. The van der Waals surface area contributed by atoms with E-state index in [1.165, 1.54) is 0 Å². The van der Waals surface area contributed by atoms with Gasteiger partial charge in [0, 0.05) is 6.42 Å². The van der Waals surface area contributed by atoms with Crippen molar-refractivity contribution in [2.75, 3.05) is 0 Å². The van der Waals surface area contributed by atoms with E-state index in [-0.39, 0.29) is 53.4 Å². The van der Waals surface area contributed by atoms with Crippen LogP contribution in [0.15, 0.2) is 0 Å². The van der Waals surface area contributed by atoms with Gasteiger partial charge in [-0.2, -0.15) is 0 Å². The van der Waals surface area contributed by atoms with Gasteiger partial charge in [0.05, 0.1) is 6.42 Å². The maximum absolute atomic E-state index is 10.5. The molecule has 0 aromatic heterocycles. The molecular formula is C6H10Li2O5. The molecule has 0 saturated heterocycles. The zero-order valence-corrected chi connectivity index (χ0v) is 7.74. The third kappa shape index (κ3) is 14.6. The van der Waals surface area contributed by atoms with Crippen molar-refractivity contribution in [3.05, 3.63) is 0 Å². The number of hydrogen-bond donors (Lipinski definition) is 2. The predicted molar refractivity (Wildman–Crippen MR) is 36.4 cm³/mol. The van der Waals surface area contributed by atoms with Gasteiger partial charge in [-0.1, -0.05) is 0 Å². The Morgan fingerprint density at radius 1 is 0.923 bits per heavy atom. The van der Waals surface area contributed by atoms with Crippen LogP contribution in [-0.4, -0.2) is 27.9 Å². The normalized spacial score (nSPS) is 7.69. The summed E-state index contributed by atoms with van der Waals surface area (Å²) in [6, 6.07) is 0. The van der Waals surface area contributed by atoms with Crippen LogP contribution in [0.3, 0.4) is 0 Å². The molecule has 0 unspecified atom stereocenters. The molecule has 0 radical (unpaired) electrons. The van der Waals surface area contributed by atoms with Crippen LogP contribution in [0.2, 0.25) is 0 Å². The van der Waals surface area contributed by atoms with Gasteiger partial charge in [-0.25, -0.2) is 0 Å². The second-order valence-electron chi connectivity index (χ2n) is 2.00. The molecule has 0 aromatic carbocycles. The Hall–Kier alpha value is -0.195. The number of carbonyl (C=O) groups excluding carboxylic acids is 1. The Morgan fingerprint density at radius 3 is 1.69 bits per heavy atom. The zero-order valence-electron chi connectivity index (χ0n) is 9.74. The van der Waals surface area contributed by atoms with Crippen LogP contribution >= 0.6 is 0 Å². The first-order chi connectivity index (χ1) is 5.02. The molecule has 0 aliphatic carbocycles. The molecule has 2 N–H and O–H groups in total. The van der Waals surface area contributed by atoms with E-state index in [1.54, 1.807) is 0 Å². The van der Waals surface area contributed by atoms with Gasteiger partial charge in [-0.15, -0.1) is 0 Å². The van der Waals surface area contributed by atoms with Crippen LogP contribution in [0.25, 0.3) is 0 Å². The molecular weight excluding hydrogens is 166 g/mol. The average Bonchev–Trinajstić information content (AvgIpc) is 1.82. The maximum atomic E-state index is 10.5. The molecule has 0 spiro atoms. The minimum absolute atomic E-state index is 0. The number of aliphatic carboxylic acids is 2. The van der Waals surface area contributed by atoms with E-state index in [1.807, 2.05) is 0 Å². The van der Waals surface area contributed by atoms with E-state index in [9.17, 15) is 14.4 Å². The fourth-order valence-corrected chi connectivity index (χ4v) is 0.503. The maximum Gasteiger partial charge on any atom is 1.00 e. The monoisotopic (exact) mass is 176 g/mol.